The molecule has 2 aliphatic rings. The lowest BCUT2D eigenvalue weighted by Crippen LogP contribution is -2.45. The summed E-state index contributed by atoms with van der Waals surface area (Å²) in [6.45, 7) is 1.66. The summed E-state index contributed by atoms with van der Waals surface area (Å²) in [5.74, 6) is 0.0400. The van der Waals surface area contributed by atoms with E-state index in [4.69, 9.17) is 23.2 Å². The van der Waals surface area contributed by atoms with Crippen LogP contribution in [0.15, 0.2) is 12.1 Å². The van der Waals surface area contributed by atoms with Crippen molar-refractivity contribution in [1.82, 2.24) is 10.2 Å². The zero-order valence-corrected chi connectivity index (χ0v) is 12.4. The topological polar surface area (TPSA) is 52.6 Å². The Morgan fingerprint density at radius 1 is 1.40 bits per heavy atom. The van der Waals surface area contributed by atoms with Crippen LogP contribution in [0.1, 0.15) is 17.5 Å². The second kappa shape index (κ2) is 5.53. The average molecular weight is 315 g/mol. The number of nitrogens with zero attached hydrogens (tertiary/aromatic N) is 1. The molecule has 2 aliphatic heterocycles. The molecule has 0 aliphatic carbocycles. The van der Waals surface area contributed by atoms with Crippen LogP contribution in [0.2, 0.25) is 10.0 Å². The van der Waals surface area contributed by atoms with Crippen molar-refractivity contribution >= 4 is 29.1 Å². The van der Waals surface area contributed by atoms with Gasteiger partial charge in [0, 0.05) is 29.7 Å². The number of fused-ring (bicyclic) bond motifs is 1. The first-order valence-electron chi connectivity index (χ1n) is 6.71. The molecule has 3 rings (SSSR count). The van der Waals surface area contributed by atoms with Crippen molar-refractivity contribution in [3.05, 3.63) is 33.3 Å². The Kier molecular flexibility index (Phi) is 3.91. The fourth-order valence-electron chi connectivity index (χ4n) is 2.90. The predicted molar refractivity (Wildman–Crippen MR) is 78.0 cm³/mol. The average Bonchev–Trinajstić information content (AvgIpc) is 2.84. The van der Waals surface area contributed by atoms with E-state index in [0.29, 0.717) is 36.1 Å². The van der Waals surface area contributed by atoms with Crippen LogP contribution in [-0.2, 0) is 17.8 Å². The van der Waals surface area contributed by atoms with Crippen LogP contribution in [0.25, 0.3) is 0 Å². The number of amides is 1. The highest BCUT2D eigenvalue weighted by Crippen LogP contribution is 2.30. The van der Waals surface area contributed by atoms with E-state index in [9.17, 15) is 9.90 Å². The number of benzene rings is 1. The molecule has 20 heavy (non-hydrogen) atoms. The van der Waals surface area contributed by atoms with Crippen LogP contribution in [0, 0.1) is 0 Å². The molecule has 0 aromatic heterocycles. The molecule has 1 fully saturated rings. The molecule has 0 spiro atoms. The third kappa shape index (κ3) is 2.66. The molecule has 2 heterocycles. The Bertz CT molecular complexity index is 550. The fourth-order valence-corrected chi connectivity index (χ4v) is 3.49. The largest absolute Gasteiger partial charge is 0.392 e. The number of halogens is 2. The van der Waals surface area contributed by atoms with Crippen LogP contribution in [0.3, 0.4) is 0 Å². The molecule has 0 radical (unpaired) electrons. The molecule has 1 aromatic rings. The second-order valence-electron chi connectivity index (χ2n) is 5.39. The molecule has 108 valence electrons. The number of carbonyl (C=O) groups excluding carboxylic acids is 1. The molecule has 0 bridgehead atoms. The maximum absolute atomic E-state index is 12.4. The summed E-state index contributed by atoms with van der Waals surface area (Å²) in [6.07, 6.45) is 0.816. The third-order valence-electron chi connectivity index (χ3n) is 3.97. The van der Waals surface area contributed by atoms with Gasteiger partial charge in [-0.3, -0.25) is 4.79 Å². The molecule has 2 N–H and O–H groups in total. The van der Waals surface area contributed by atoms with Crippen LogP contribution in [0.4, 0.5) is 0 Å². The number of hydrogen-bond acceptors (Lipinski definition) is 3. The Morgan fingerprint density at radius 3 is 2.90 bits per heavy atom. The Labute approximate surface area is 127 Å². The lowest BCUT2D eigenvalue weighted by atomic mass is 9.99. The van der Waals surface area contributed by atoms with Gasteiger partial charge in [0.25, 0.3) is 0 Å². The number of aliphatic hydroxyl groups excluding tert-OH is 1. The van der Waals surface area contributed by atoms with Crippen molar-refractivity contribution in [1.29, 1.82) is 0 Å². The van der Waals surface area contributed by atoms with Gasteiger partial charge in [-0.2, -0.15) is 0 Å². The third-order valence-corrected chi connectivity index (χ3v) is 4.53. The number of β-amino-alcohol motifs (C(OH)–C–C–N with tert-alkyl or cyclic N) is 1. The molecular formula is C14H16Cl2N2O2. The highest BCUT2D eigenvalue weighted by Gasteiger charge is 2.33. The summed E-state index contributed by atoms with van der Waals surface area (Å²) in [6, 6.07) is 3.35. The first kappa shape index (κ1) is 14.1. The lowest BCUT2D eigenvalue weighted by molar-refractivity contribution is -0.134. The molecule has 1 amide bonds. The molecule has 0 saturated carbocycles. The van der Waals surface area contributed by atoms with E-state index in [2.05, 4.69) is 5.32 Å². The minimum atomic E-state index is -0.427. The summed E-state index contributed by atoms with van der Waals surface area (Å²) in [4.78, 5) is 14.2. The lowest BCUT2D eigenvalue weighted by Gasteiger charge is -2.31. The van der Waals surface area contributed by atoms with E-state index in [-0.39, 0.29) is 11.9 Å². The molecule has 6 heteroatoms. The number of carbonyl (C=O) groups is 1. The van der Waals surface area contributed by atoms with E-state index in [1.807, 2.05) is 6.07 Å². The highest BCUT2D eigenvalue weighted by atomic mass is 35.5. The van der Waals surface area contributed by atoms with E-state index < -0.39 is 6.10 Å². The van der Waals surface area contributed by atoms with Gasteiger partial charge in [0.1, 0.15) is 0 Å². The van der Waals surface area contributed by atoms with Crippen LogP contribution >= 0.6 is 23.2 Å². The quantitative estimate of drug-likeness (QED) is 0.828. The van der Waals surface area contributed by atoms with Crippen molar-refractivity contribution in [2.75, 3.05) is 13.1 Å². The van der Waals surface area contributed by atoms with E-state index in [1.165, 1.54) is 0 Å². The Hall–Kier alpha value is -0.810. The van der Waals surface area contributed by atoms with Gasteiger partial charge >= 0.3 is 0 Å². The van der Waals surface area contributed by atoms with Gasteiger partial charge in [0.05, 0.1) is 12.1 Å². The van der Waals surface area contributed by atoms with Crippen LogP contribution < -0.4 is 5.32 Å². The zero-order chi connectivity index (χ0) is 14.3. The maximum atomic E-state index is 12.4. The normalized spacial score (nSPS) is 25.6. The SMILES string of the molecule is O=C(C1CC(O)CN1)N1CCc2cc(Cl)cc(Cl)c2C1. The Morgan fingerprint density at radius 2 is 2.20 bits per heavy atom. The monoisotopic (exact) mass is 314 g/mol. The molecule has 2 atom stereocenters. The van der Waals surface area contributed by atoms with E-state index in [0.717, 1.165) is 17.5 Å². The summed E-state index contributed by atoms with van der Waals surface area (Å²) in [5, 5.41) is 13.8. The van der Waals surface area contributed by atoms with Crippen LogP contribution in [-0.4, -0.2) is 41.1 Å². The van der Waals surface area contributed by atoms with Crippen molar-refractivity contribution in [3.63, 3.8) is 0 Å². The highest BCUT2D eigenvalue weighted by molar-refractivity contribution is 6.35. The smallest absolute Gasteiger partial charge is 0.240 e. The summed E-state index contributed by atoms with van der Waals surface area (Å²) < 4.78 is 0. The van der Waals surface area contributed by atoms with Gasteiger partial charge in [-0.25, -0.2) is 0 Å². The number of rotatable bonds is 1. The van der Waals surface area contributed by atoms with Gasteiger partial charge < -0.3 is 15.3 Å². The van der Waals surface area contributed by atoms with Gasteiger partial charge in [-0.15, -0.1) is 0 Å². The number of aliphatic hydroxyl groups is 1. The summed E-state index contributed by atoms with van der Waals surface area (Å²) in [7, 11) is 0. The van der Waals surface area contributed by atoms with Crippen molar-refractivity contribution in [2.45, 2.75) is 31.5 Å². The molecule has 1 saturated heterocycles. The molecule has 1 aromatic carbocycles. The molecular weight excluding hydrogens is 299 g/mol. The molecule has 2 unspecified atom stereocenters. The van der Waals surface area contributed by atoms with Crippen LogP contribution in [0.5, 0.6) is 0 Å². The van der Waals surface area contributed by atoms with E-state index in [1.54, 1.807) is 11.0 Å². The molecule has 4 nitrogen and oxygen atoms in total. The zero-order valence-electron chi connectivity index (χ0n) is 10.9. The van der Waals surface area contributed by atoms with E-state index >= 15 is 0 Å². The summed E-state index contributed by atoms with van der Waals surface area (Å²) >= 11 is 12.2. The van der Waals surface area contributed by atoms with Gasteiger partial charge in [-0.1, -0.05) is 23.2 Å². The first-order valence-corrected chi connectivity index (χ1v) is 7.47. The Balaban J connectivity index is 1.77. The summed E-state index contributed by atoms with van der Waals surface area (Å²) in [5.41, 5.74) is 2.10. The fraction of sp³-hybridized carbons (Fsp3) is 0.500. The number of hydrogen-bond donors (Lipinski definition) is 2. The van der Waals surface area contributed by atoms with Crippen molar-refractivity contribution in [3.8, 4) is 0 Å². The van der Waals surface area contributed by atoms with Gasteiger partial charge in [-0.05, 0) is 36.1 Å². The van der Waals surface area contributed by atoms with Crippen molar-refractivity contribution in [2.24, 2.45) is 0 Å². The minimum Gasteiger partial charge on any atom is -0.392 e. The van der Waals surface area contributed by atoms with Gasteiger partial charge in [0.15, 0.2) is 0 Å². The minimum absolute atomic E-state index is 0.0400. The predicted octanol–water partition coefficient (Wildman–Crippen LogP) is 1.60. The second-order valence-corrected chi connectivity index (χ2v) is 6.23. The standard InChI is InChI=1S/C14H16Cl2N2O2/c15-9-3-8-1-2-18(7-11(8)12(16)4-9)14(20)13-5-10(19)6-17-13/h3-4,10,13,17,19H,1-2,5-7H2. The van der Waals surface area contributed by atoms with Crippen molar-refractivity contribution < 1.29 is 9.90 Å². The number of nitrogens with one attached hydrogen (secondary N) is 1. The first-order chi connectivity index (χ1) is 9.54. The maximum Gasteiger partial charge on any atom is 0.240 e. The van der Waals surface area contributed by atoms with Gasteiger partial charge in [0.2, 0.25) is 5.91 Å².